The van der Waals surface area contributed by atoms with E-state index >= 15 is 0 Å². The van der Waals surface area contributed by atoms with Crippen molar-refractivity contribution >= 4 is 46.1 Å². The minimum Gasteiger partial charge on any atom is -0.387 e. The zero-order valence-electron chi connectivity index (χ0n) is 15.7. The highest BCUT2D eigenvalue weighted by molar-refractivity contribution is 6.33. The molecule has 4 rings (SSSR count). The molecule has 2 aromatic heterocycles. The number of ether oxygens (including phenoxy) is 1. The highest BCUT2D eigenvalue weighted by Gasteiger charge is 2.47. The minimum absolute atomic E-state index is 0.346. The maximum absolute atomic E-state index is 11.9. The molecule has 4 N–H and O–H groups in total. The molecular weight excluding hydrogens is 435 g/mol. The number of aliphatic hydroxyl groups is 2. The lowest BCUT2D eigenvalue weighted by atomic mass is 10.1. The lowest BCUT2D eigenvalue weighted by Gasteiger charge is -2.16. The Morgan fingerprint density at radius 3 is 2.80 bits per heavy atom. The Labute approximate surface area is 180 Å². The number of aliphatic hydroxyl groups excluding tert-OH is 2. The molecule has 1 fully saturated rings. The Morgan fingerprint density at radius 2 is 2.03 bits per heavy atom. The molecule has 1 aliphatic heterocycles. The van der Waals surface area contributed by atoms with E-state index in [1.54, 1.807) is 18.2 Å². The van der Waals surface area contributed by atoms with Crippen LogP contribution in [0.1, 0.15) is 11.8 Å². The van der Waals surface area contributed by atoms with Crippen LogP contribution in [0.15, 0.2) is 30.9 Å². The standard InChI is InChI=1S/C18H18Cl2N6O4/c1-21-17(29)14-12(27)13(28)18(30-14)26-7-25-11-15(23-6-24-16(11)26)22-5-8-4-9(19)2-3-10(8)20/h2-4,6-7,12-14,18,27-28H,5H2,1H3,(H,21,29)(H,22,23,24)/t12-,13+,14-,18+/m0/s1. The molecule has 4 atom stereocenters. The first-order valence-corrected chi connectivity index (χ1v) is 9.75. The number of anilines is 1. The van der Waals surface area contributed by atoms with Crippen LogP contribution >= 0.6 is 23.2 Å². The van der Waals surface area contributed by atoms with Gasteiger partial charge in [0.1, 0.15) is 18.5 Å². The highest BCUT2D eigenvalue weighted by Crippen LogP contribution is 2.32. The fraction of sp³-hybridized carbons (Fsp3) is 0.333. The van der Waals surface area contributed by atoms with Crippen LogP contribution in [0, 0.1) is 0 Å². The van der Waals surface area contributed by atoms with Gasteiger partial charge in [-0.25, -0.2) is 15.0 Å². The number of imidazole rings is 1. The summed E-state index contributed by atoms with van der Waals surface area (Å²) < 4.78 is 7.04. The van der Waals surface area contributed by atoms with Crippen molar-refractivity contribution in [3.8, 4) is 0 Å². The number of hydrogen-bond donors (Lipinski definition) is 4. The normalized spacial score (nSPS) is 23.6. The molecule has 0 aliphatic carbocycles. The molecule has 1 saturated heterocycles. The van der Waals surface area contributed by atoms with Crippen molar-refractivity contribution in [1.82, 2.24) is 24.8 Å². The Bertz CT molecular complexity index is 1090. The quantitative estimate of drug-likeness (QED) is 0.452. The minimum atomic E-state index is -1.39. The van der Waals surface area contributed by atoms with Crippen LogP contribution in [0.4, 0.5) is 5.82 Å². The summed E-state index contributed by atoms with van der Waals surface area (Å²) in [7, 11) is 1.42. The van der Waals surface area contributed by atoms with E-state index in [9.17, 15) is 15.0 Å². The number of aromatic nitrogens is 4. The van der Waals surface area contributed by atoms with E-state index < -0.39 is 30.4 Å². The number of likely N-dealkylation sites (N-methyl/N-ethyl adjacent to an activating group) is 1. The number of nitrogens with one attached hydrogen (secondary N) is 2. The third-order valence-corrected chi connectivity index (χ3v) is 5.43. The van der Waals surface area contributed by atoms with Crippen LogP contribution in [0.25, 0.3) is 11.2 Å². The zero-order valence-corrected chi connectivity index (χ0v) is 17.2. The molecule has 0 bridgehead atoms. The summed E-state index contributed by atoms with van der Waals surface area (Å²) >= 11 is 12.2. The van der Waals surface area contributed by atoms with E-state index in [0.29, 0.717) is 33.6 Å². The predicted octanol–water partition coefficient (Wildman–Crippen LogP) is 1.11. The third-order valence-electron chi connectivity index (χ3n) is 4.83. The molecule has 3 heterocycles. The predicted molar refractivity (Wildman–Crippen MR) is 109 cm³/mol. The van der Waals surface area contributed by atoms with Gasteiger partial charge in [-0.2, -0.15) is 0 Å². The summed E-state index contributed by atoms with van der Waals surface area (Å²) in [4.78, 5) is 24.6. The van der Waals surface area contributed by atoms with Crippen molar-refractivity contribution in [2.75, 3.05) is 12.4 Å². The van der Waals surface area contributed by atoms with Gasteiger partial charge in [-0.05, 0) is 23.8 Å². The lowest BCUT2D eigenvalue weighted by Crippen LogP contribution is -2.41. The van der Waals surface area contributed by atoms with Gasteiger partial charge in [-0.1, -0.05) is 23.2 Å². The van der Waals surface area contributed by atoms with E-state index in [-0.39, 0.29) is 0 Å². The summed E-state index contributed by atoms with van der Waals surface area (Å²) in [6.45, 7) is 0.346. The molecule has 30 heavy (non-hydrogen) atoms. The zero-order chi connectivity index (χ0) is 21.4. The smallest absolute Gasteiger partial charge is 0.251 e. The number of benzene rings is 1. The molecule has 0 radical (unpaired) electrons. The van der Waals surface area contributed by atoms with Crippen molar-refractivity contribution in [1.29, 1.82) is 0 Å². The van der Waals surface area contributed by atoms with E-state index in [1.807, 2.05) is 0 Å². The highest BCUT2D eigenvalue weighted by atomic mass is 35.5. The Kier molecular flexibility index (Phi) is 5.76. The largest absolute Gasteiger partial charge is 0.387 e. The summed E-state index contributed by atoms with van der Waals surface area (Å²) in [5, 5.41) is 27.2. The van der Waals surface area contributed by atoms with Gasteiger partial charge in [-0.15, -0.1) is 0 Å². The van der Waals surface area contributed by atoms with Crippen LogP contribution in [0.5, 0.6) is 0 Å². The molecule has 1 amide bonds. The fourth-order valence-corrected chi connectivity index (χ4v) is 3.65. The summed E-state index contributed by atoms with van der Waals surface area (Å²) in [6, 6.07) is 5.15. The van der Waals surface area contributed by atoms with Gasteiger partial charge >= 0.3 is 0 Å². The fourth-order valence-electron chi connectivity index (χ4n) is 3.27. The van der Waals surface area contributed by atoms with Crippen LogP contribution < -0.4 is 10.6 Å². The second-order valence-corrected chi connectivity index (χ2v) is 7.52. The second-order valence-electron chi connectivity index (χ2n) is 6.68. The van der Waals surface area contributed by atoms with Crippen LogP contribution in [0.3, 0.4) is 0 Å². The lowest BCUT2D eigenvalue weighted by molar-refractivity contribution is -0.137. The second kappa shape index (κ2) is 8.32. The molecule has 10 nitrogen and oxygen atoms in total. The molecule has 1 aromatic carbocycles. The molecule has 12 heteroatoms. The number of carbonyl (C=O) groups is 1. The van der Waals surface area contributed by atoms with Crippen LogP contribution in [-0.2, 0) is 16.1 Å². The van der Waals surface area contributed by atoms with Gasteiger partial charge in [0, 0.05) is 23.6 Å². The first-order chi connectivity index (χ1) is 14.4. The molecule has 1 aliphatic rings. The van der Waals surface area contributed by atoms with Gasteiger partial charge in [-0.3, -0.25) is 9.36 Å². The number of hydrogen-bond acceptors (Lipinski definition) is 8. The monoisotopic (exact) mass is 452 g/mol. The van der Waals surface area contributed by atoms with Crippen molar-refractivity contribution < 1.29 is 19.7 Å². The molecule has 0 saturated carbocycles. The number of rotatable bonds is 5. The van der Waals surface area contributed by atoms with Crippen molar-refractivity contribution in [3.63, 3.8) is 0 Å². The third kappa shape index (κ3) is 3.68. The molecule has 0 unspecified atom stereocenters. The maximum Gasteiger partial charge on any atom is 0.251 e. The van der Waals surface area contributed by atoms with E-state index in [1.165, 1.54) is 24.3 Å². The SMILES string of the molecule is CNC(=O)[C@H]1O[C@@H](n2cnc3c(NCc4cc(Cl)ccc4Cl)ncnc32)[C@H](O)[C@@H]1O. The average molecular weight is 453 g/mol. The Hall–Kier alpha value is -2.50. The van der Waals surface area contributed by atoms with Crippen molar-refractivity contribution in [3.05, 3.63) is 46.5 Å². The first-order valence-electron chi connectivity index (χ1n) is 8.99. The topological polar surface area (TPSA) is 134 Å². The number of fused-ring (bicyclic) bond motifs is 1. The van der Waals surface area contributed by atoms with Gasteiger partial charge in [0.2, 0.25) is 0 Å². The summed E-state index contributed by atoms with van der Waals surface area (Å²) in [5.74, 6) is -0.102. The van der Waals surface area contributed by atoms with Crippen molar-refractivity contribution in [2.45, 2.75) is 31.1 Å². The number of amides is 1. The van der Waals surface area contributed by atoms with E-state index in [0.717, 1.165) is 5.56 Å². The van der Waals surface area contributed by atoms with E-state index in [4.69, 9.17) is 27.9 Å². The van der Waals surface area contributed by atoms with Crippen LogP contribution in [-0.4, -0.2) is 61.0 Å². The number of carbonyl (C=O) groups excluding carboxylic acids is 1. The van der Waals surface area contributed by atoms with Crippen LogP contribution in [0.2, 0.25) is 10.0 Å². The maximum atomic E-state index is 11.9. The van der Waals surface area contributed by atoms with Gasteiger partial charge in [0.15, 0.2) is 29.3 Å². The average Bonchev–Trinajstić information content (AvgIpc) is 3.30. The van der Waals surface area contributed by atoms with Gasteiger partial charge < -0.3 is 25.6 Å². The summed E-state index contributed by atoms with van der Waals surface area (Å²) in [5.41, 5.74) is 1.56. The van der Waals surface area contributed by atoms with Crippen molar-refractivity contribution in [2.24, 2.45) is 0 Å². The Morgan fingerprint density at radius 1 is 1.23 bits per heavy atom. The van der Waals surface area contributed by atoms with Gasteiger partial charge in [0.05, 0.1) is 6.33 Å². The summed E-state index contributed by atoms with van der Waals surface area (Å²) in [6.07, 6.45) is -2.26. The number of halogens is 2. The first kappa shape index (κ1) is 20.8. The molecule has 0 spiro atoms. The number of nitrogens with zero attached hydrogens (tertiary/aromatic N) is 4. The van der Waals surface area contributed by atoms with E-state index in [2.05, 4.69) is 25.6 Å². The van der Waals surface area contributed by atoms with Gasteiger partial charge in [0.25, 0.3) is 5.91 Å². The molecule has 158 valence electrons. The molecule has 3 aromatic rings. The Balaban J connectivity index is 1.61. The molecular formula is C18H18Cl2N6O4.